The summed E-state index contributed by atoms with van der Waals surface area (Å²) in [4.78, 5) is 30.8. The molecule has 0 saturated heterocycles. The minimum absolute atomic E-state index is 0.0276. The van der Waals surface area contributed by atoms with Crippen molar-refractivity contribution >= 4 is 29.2 Å². The van der Waals surface area contributed by atoms with Crippen molar-refractivity contribution in [2.75, 3.05) is 0 Å². The van der Waals surface area contributed by atoms with Crippen LogP contribution in [0, 0.1) is 13.8 Å². The SMILES string of the molecule is Cc1ccc(C(=O)N/C(=C\c2cccs2)C(=O)NCc2nc(-c3cccc(C)c3)no2)cc1. The van der Waals surface area contributed by atoms with Gasteiger partial charge in [0.25, 0.3) is 11.8 Å². The fraction of sp³-hybridized carbons (Fsp3) is 0.120. The Hall–Kier alpha value is -4.04. The third-order valence-electron chi connectivity index (χ3n) is 4.78. The highest BCUT2D eigenvalue weighted by Gasteiger charge is 2.16. The van der Waals surface area contributed by atoms with E-state index in [1.54, 1.807) is 18.2 Å². The van der Waals surface area contributed by atoms with E-state index in [9.17, 15) is 9.59 Å². The van der Waals surface area contributed by atoms with Crippen LogP contribution in [0.2, 0.25) is 0 Å². The zero-order valence-corrected chi connectivity index (χ0v) is 19.0. The largest absolute Gasteiger partial charge is 0.342 e. The number of hydrogen-bond acceptors (Lipinski definition) is 6. The Morgan fingerprint density at radius 3 is 2.58 bits per heavy atom. The van der Waals surface area contributed by atoms with E-state index in [0.717, 1.165) is 21.6 Å². The standard InChI is InChI=1S/C25H22N4O3S/c1-16-8-10-18(11-9-16)24(30)27-21(14-20-7-4-12-33-20)25(31)26-15-22-28-23(29-32-22)19-6-3-5-17(2)13-19/h3-14H,15H2,1-2H3,(H,26,31)(H,27,30)/b21-14-. The first-order valence-corrected chi connectivity index (χ1v) is 11.2. The third-order valence-corrected chi connectivity index (χ3v) is 5.60. The smallest absolute Gasteiger partial charge is 0.268 e. The molecule has 8 heteroatoms. The Morgan fingerprint density at radius 1 is 1.03 bits per heavy atom. The van der Waals surface area contributed by atoms with Gasteiger partial charge in [-0.2, -0.15) is 4.98 Å². The Bertz CT molecular complexity index is 1290. The van der Waals surface area contributed by atoms with Crippen LogP contribution in [0.4, 0.5) is 0 Å². The van der Waals surface area contributed by atoms with Gasteiger partial charge in [0.15, 0.2) is 0 Å². The Labute approximate surface area is 195 Å². The lowest BCUT2D eigenvalue weighted by Crippen LogP contribution is -2.34. The summed E-state index contributed by atoms with van der Waals surface area (Å²) >= 11 is 1.46. The molecule has 0 bridgehead atoms. The maximum Gasteiger partial charge on any atom is 0.268 e. The molecular formula is C25H22N4O3S. The Morgan fingerprint density at radius 2 is 1.85 bits per heavy atom. The van der Waals surface area contributed by atoms with Gasteiger partial charge < -0.3 is 15.2 Å². The first kappa shape index (κ1) is 22.2. The van der Waals surface area contributed by atoms with Crippen molar-refractivity contribution in [3.05, 3.63) is 99.2 Å². The molecule has 2 aromatic carbocycles. The van der Waals surface area contributed by atoms with Crippen LogP contribution in [-0.4, -0.2) is 22.0 Å². The van der Waals surface area contributed by atoms with Crippen molar-refractivity contribution in [3.63, 3.8) is 0 Å². The number of aryl methyl sites for hydroxylation is 2. The van der Waals surface area contributed by atoms with Gasteiger partial charge >= 0.3 is 0 Å². The molecule has 0 unspecified atom stereocenters. The number of amides is 2. The fourth-order valence-electron chi connectivity index (χ4n) is 3.05. The van der Waals surface area contributed by atoms with E-state index in [4.69, 9.17) is 4.52 Å². The van der Waals surface area contributed by atoms with Crippen molar-refractivity contribution in [1.29, 1.82) is 0 Å². The van der Waals surface area contributed by atoms with Crippen LogP contribution in [0.5, 0.6) is 0 Å². The zero-order chi connectivity index (χ0) is 23.2. The number of nitrogens with one attached hydrogen (secondary N) is 2. The number of benzene rings is 2. The summed E-state index contributed by atoms with van der Waals surface area (Å²) in [7, 11) is 0. The van der Waals surface area contributed by atoms with Crippen LogP contribution in [0.3, 0.4) is 0 Å². The van der Waals surface area contributed by atoms with Gasteiger partial charge in [0.1, 0.15) is 5.70 Å². The maximum atomic E-state index is 12.9. The predicted molar refractivity (Wildman–Crippen MR) is 127 cm³/mol. The monoisotopic (exact) mass is 458 g/mol. The van der Waals surface area contributed by atoms with Gasteiger partial charge in [-0.1, -0.05) is 52.7 Å². The molecule has 0 aliphatic rings. The lowest BCUT2D eigenvalue weighted by atomic mass is 10.1. The van der Waals surface area contributed by atoms with Crippen molar-refractivity contribution in [1.82, 2.24) is 20.8 Å². The number of rotatable bonds is 7. The molecule has 0 spiro atoms. The average Bonchev–Trinajstić information content (AvgIpc) is 3.50. The van der Waals surface area contributed by atoms with E-state index < -0.39 is 5.91 Å². The minimum Gasteiger partial charge on any atom is -0.342 e. The van der Waals surface area contributed by atoms with Gasteiger partial charge in [-0.3, -0.25) is 9.59 Å². The average molecular weight is 459 g/mol. The molecule has 4 aromatic rings. The first-order chi connectivity index (χ1) is 16.0. The molecule has 0 fully saturated rings. The summed E-state index contributed by atoms with van der Waals surface area (Å²) < 4.78 is 5.28. The summed E-state index contributed by atoms with van der Waals surface area (Å²) in [6.07, 6.45) is 1.64. The summed E-state index contributed by atoms with van der Waals surface area (Å²) in [5.41, 5.74) is 3.55. The molecule has 166 valence electrons. The first-order valence-electron chi connectivity index (χ1n) is 10.3. The second-order valence-electron chi connectivity index (χ2n) is 7.46. The summed E-state index contributed by atoms with van der Waals surface area (Å²) in [6.45, 7) is 3.95. The molecule has 2 N–H and O–H groups in total. The lowest BCUT2D eigenvalue weighted by molar-refractivity contribution is -0.118. The number of carbonyl (C=O) groups excluding carboxylic acids is 2. The zero-order valence-electron chi connectivity index (χ0n) is 18.2. The second kappa shape index (κ2) is 10.1. The van der Waals surface area contributed by atoms with E-state index in [2.05, 4.69) is 20.8 Å². The molecule has 7 nitrogen and oxygen atoms in total. The maximum absolute atomic E-state index is 12.9. The molecular weight excluding hydrogens is 436 g/mol. The van der Waals surface area contributed by atoms with Crippen LogP contribution < -0.4 is 10.6 Å². The topological polar surface area (TPSA) is 97.1 Å². The van der Waals surface area contributed by atoms with E-state index in [0.29, 0.717) is 11.4 Å². The third kappa shape index (κ3) is 5.81. The second-order valence-corrected chi connectivity index (χ2v) is 8.44. The molecule has 0 saturated carbocycles. The Kier molecular flexibility index (Phi) is 6.75. The van der Waals surface area contributed by atoms with Gasteiger partial charge in [-0.25, -0.2) is 0 Å². The summed E-state index contributed by atoms with van der Waals surface area (Å²) in [6, 6.07) is 18.6. The molecule has 33 heavy (non-hydrogen) atoms. The number of aromatic nitrogens is 2. The van der Waals surface area contributed by atoms with Gasteiger partial charge in [-0.15, -0.1) is 11.3 Å². The van der Waals surface area contributed by atoms with Crippen LogP contribution in [0.25, 0.3) is 17.5 Å². The van der Waals surface area contributed by atoms with Crippen LogP contribution in [0.15, 0.2) is 76.3 Å². The molecule has 2 amide bonds. The normalized spacial score (nSPS) is 11.3. The number of hydrogen-bond donors (Lipinski definition) is 2. The lowest BCUT2D eigenvalue weighted by Gasteiger charge is -2.10. The van der Waals surface area contributed by atoms with E-state index in [1.165, 1.54) is 11.3 Å². The minimum atomic E-state index is -0.459. The van der Waals surface area contributed by atoms with Crippen molar-refractivity contribution in [3.8, 4) is 11.4 Å². The summed E-state index contributed by atoms with van der Waals surface area (Å²) in [5, 5.41) is 11.3. The highest BCUT2D eigenvalue weighted by molar-refractivity contribution is 7.10. The van der Waals surface area contributed by atoms with E-state index in [1.807, 2.05) is 67.8 Å². The summed E-state index contributed by atoms with van der Waals surface area (Å²) in [5.74, 6) is -0.114. The van der Waals surface area contributed by atoms with Crippen molar-refractivity contribution in [2.24, 2.45) is 0 Å². The molecule has 2 heterocycles. The van der Waals surface area contributed by atoms with Crippen LogP contribution in [0.1, 0.15) is 32.3 Å². The van der Waals surface area contributed by atoms with Gasteiger partial charge in [0.2, 0.25) is 11.7 Å². The Balaban J connectivity index is 1.46. The molecule has 0 aliphatic carbocycles. The molecule has 0 radical (unpaired) electrons. The van der Waals surface area contributed by atoms with Gasteiger partial charge in [0, 0.05) is 16.0 Å². The van der Waals surface area contributed by atoms with Crippen molar-refractivity contribution < 1.29 is 14.1 Å². The van der Waals surface area contributed by atoms with Crippen LogP contribution in [-0.2, 0) is 11.3 Å². The predicted octanol–water partition coefficient (Wildman–Crippen LogP) is 4.50. The fourth-order valence-corrected chi connectivity index (χ4v) is 3.71. The molecule has 0 atom stereocenters. The highest BCUT2D eigenvalue weighted by Crippen LogP contribution is 2.17. The van der Waals surface area contributed by atoms with Crippen molar-refractivity contribution in [2.45, 2.75) is 20.4 Å². The number of thiophene rings is 1. The molecule has 4 rings (SSSR count). The van der Waals surface area contributed by atoms with E-state index in [-0.39, 0.29) is 24.0 Å². The van der Waals surface area contributed by atoms with Gasteiger partial charge in [-0.05, 0) is 49.6 Å². The number of nitrogens with zero attached hydrogens (tertiary/aromatic N) is 2. The molecule has 2 aromatic heterocycles. The van der Waals surface area contributed by atoms with Crippen LogP contribution >= 0.6 is 11.3 Å². The van der Waals surface area contributed by atoms with Gasteiger partial charge in [0.05, 0.1) is 6.54 Å². The highest BCUT2D eigenvalue weighted by atomic mass is 32.1. The molecule has 0 aliphatic heterocycles. The number of carbonyl (C=O) groups is 2. The van der Waals surface area contributed by atoms with E-state index >= 15 is 0 Å². The quantitative estimate of drug-likeness (QED) is 0.398.